The van der Waals surface area contributed by atoms with Crippen LogP contribution in [0.25, 0.3) is 11.3 Å². The summed E-state index contributed by atoms with van der Waals surface area (Å²) in [5.74, 6) is 0.688. The summed E-state index contributed by atoms with van der Waals surface area (Å²) in [5, 5.41) is 17.8. The second-order valence-corrected chi connectivity index (χ2v) is 9.17. The van der Waals surface area contributed by atoms with Gasteiger partial charge in [-0.3, -0.25) is 9.89 Å². The number of benzene rings is 2. The van der Waals surface area contributed by atoms with Crippen molar-refractivity contribution in [2.24, 2.45) is 0 Å². The Bertz CT molecular complexity index is 1260. The Labute approximate surface area is 186 Å². The normalized spacial score (nSPS) is 15.9. The maximum absolute atomic E-state index is 13.4. The number of fused-ring (bicyclic) bond motifs is 1. The van der Waals surface area contributed by atoms with Gasteiger partial charge in [0.25, 0.3) is 5.91 Å². The van der Waals surface area contributed by atoms with Crippen LogP contribution in [-0.2, 0) is 12.0 Å². The maximum atomic E-state index is 13.4. The molecule has 32 heavy (non-hydrogen) atoms. The molecule has 2 aromatic heterocycles. The van der Waals surface area contributed by atoms with Crippen LogP contribution in [0.1, 0.15) is 59.8 Å². The van der Waals surface area contributed by atoms with Crippen molar-refractivity contribution in [2.75, 3.05) is 0 Å². The number of H-pyrrole nitrogens is 1. The molecule has 1 aliphatic heterocycles. The number of nitrogens with zero attached hydrogens (tertiary/aromatic N) is 2. The Morgan fingerprint density at radius 3 is 2.47 bits per heavy atom. The summed E-state index contributed by atoms with van der Waals surface area (Å²) in [6, 6.07) is 18.7. The highest BCUT2D eigenvalue weighted by atomic mass is 16.3. The third-order valence-electron chi connectivity index (χ3n) is 6.02. The van der Waals surface area contributed by atoms with E-state index >= 15 is 0 Å². The van der Waals surface area contributed by atoms with Gasteiger partial charge in [-0.05, 0) is 40.8 Å². The minimum atomic E-state index is -0.357. The zero-order valence-electron chi connectivity index (χ0n) is 18.3. The molecule has 0 radical (unpaired) electrons. The van der Waals surface area contributed by atoms with Gasteiger partial charge in [0.05, 0.1) is 18.8 Å². The Morgan fingerprint density at radius 1 is 1.06 bits per heavy atom. The molecule has 0 fully saturated rings. The van der Waals surface area contributed by atoms with Gasteiger partial charge in [-0.25, -0.2) is 0 Å². The number of para-hydroxylation sites is 1. The fourth-order valence-electron chi connectivity index (χ4n) is 4.32. The Balaban J connectivity index is 1.65. The monoisotopic (exact) mass is 427 g/mol. The van der Waals surface area contributed by atoms with E-state index in [4.69, 9.17) is 4.42 Å². The van der Waals surface area contributed by atoms with Crippen molar-refractivity contribution in [2.45, 2.75) is 38.8 Å². The molecule has 0 saturated carbocycles. The summed E-state index contributed by atoms with van der Waals surface area (Å²) < 4.78 is 5.54. The second kappa shape index (κ2) is 7.41. The summed E-state index contributed by atoms with van der Waals surface area (Å²) in [7, 11) is 0. The molecule has 1 aliphatic rings. The molecule has 4 aromatic rings. The summed E-state index contributed by atoms with van der Waals surface area (Å²) in [6.07, 6.45) is 1.61. The van der Waals surface area contributed by atoms with Crippen molar-refractivity contribution in [1.82, 2.24) is 15.1 Å². The molecule has 2 aromatic carbocycles. The Morgan fingerprint density at radius 2 is 1.81 bits per heavy atom. The molecule has 2 N–H and O–H groups in total. The van der Waals surface area contributed by atoms with E-state index in [1.807, 2.05) is 24.3 Å². The number of aromatic nitrogens is 2. The zero-order chi connectivity index (χ0) is 22.5. The van der Waals surface area contributed by atoms with Gasteiger partial charge in [0.15, 0.2) is 0 Å². The van der Waals surface area contributed by atoms with Crippen molar-refractivity contribution in [1.29, 1.82) is 0 Å². The van der Waals surface area contributed by atoms with Crippen LogP contribution in [0.15, 0.2) is 71.3 Å². The third-order valence-corrected chi connectivity index (χ3v) is 6.02. The van der Waals surface area contributed by atoms with Crippen molar-refractivity contribution in [3.8, 4) is 17.0 Å². The molecule has 5 rings (SSSR count). The van der Waals surface area contributed by atoms with Crippen LogP contribution in [0.4, 0.5) is 0 Å². The first-order chi connectivity index (χ1) is 15.3. The average molecular weight is 428 g/mol. The minimum Gasteiger partial charge on any atom is -0.507 e. The maximum Gasteiger partial charge on any atom is 0.273 e. The average Bonchev–Trinajstić information content (AvgIpc) is 3.48. The summed E-state index contributed by atoms with van der Waals surface area (Å²) >= 11 is 0. The van der Waals surface area contributed by atoms with Crippen molar-refractivity contribution in [3.05, 3.63) is 95.1 Å². The lowest BCUT2D eigenvalue weighted by Crippen LogP contribution is -2.29. The van der Waals surface area contributed by atoms with Gasteiger partial charge in [-0.2, -0.15) is 5.10 Å². The number of carbonyl (C=O) groups is 1. The SMILES string of the molecule is CC(C)(C)c1ccc([C@H]2c3c(-c4ccccc4O)n[nH]c3C(=O)N2Cc2ccco2)cc1. The van der Waals surface area contributed by atoms with Crippen LogP contribution in [0, 0.1) is 0 Å². The third kappa shape index (κ3) is 3.28. The van der Waals surface area contributed by atoms with E-state index in [0.717, 1.165) is 11.1 Å². The van der Waals surface area contributed by atoms with Gasteiger partial charge in [0.1, 0.15) is 22.9 Å². The standard InChI is InChI=1S/C26H25N3O3/c1-26(2,3)17-12-10-16(11-13-17)24-21-22(19-8-4-5-9-20(19)30)27-28-23(21)25(31)29(24)15-18-7-6-14-32-18/h4-14,24,30H,15H2,1-3H3,(H,27,28)/t24-/m0/s1. The molecule has 0 bridgehead atoms. The molecule has 0 unspecified atom stereocenters. The number of furan rings is 1. The number of nitrogens with one attached hydrogen (secondary N) is 1. The molecule has 162 valence electrons. The lowest BCUT2D eigenvalue weighted by Gasteiger charge is -2.26. The molecule has 0 saturated heterocycles. The topological polar surface area (TPSA) is 82.4 Å². The highest BCUT2D eigenvalue weighted by Gasteiger charge is 2.42. The van der Waals surface area contributed by atoms with Crippen molar-refractivity contribution < 1.29 is 14.3 Å². The second-order valence-electron chi connectivity index (χ2n) is 9.17. The van der Waals surface area contributed by atoms with E-state index in [9.17, 15) is 9.90 Å². The number of hydrogen-bond donors (Lipinski definition) is 2. The molecule has 0 spiro atoms. The number of carbonyl (C=O) groups excluding carboxylic acids is 1. The lowest BCUT2D eigenvalue weighted by atomic mass is 9.85. The molecular formula is C26H25N3O3. The number of hydrogen-bond acceptors (Lipinski definition) is 4. The number of rotatable bonds is 4. The molecule has 6 heteroatoms. The van der Waals surface area contributed by atoms with Gasteiger partial charge in [0, 0.05) is 11.1 Å². The fourth-order valence-corrected chi connectivity index (χ4v) is 4.32. The van der Waals surface area contributed by atoms with E-state index in [1.165, 1.54) is 5.56 Å². The Kier molecular flexibility index (Phi) is 4.66. The summed E-state index contributed by atoms with van der Waals surface area (Å²) in [6.45, 7) is 6.86. The summed E-state index contributed by atoms with van der Waals surface area (Å²) in [5.41, 5.74) is 4.62. The molecular weight excluding hydrogens is 402 g/mol. The van der Waals surface area contributed by atoms with Crippen LogP contribution < -0.4 is 0 Å². The van der Waals surface area contributed by atoms with Gasteiger partial charge in [-0.1, -0.05) is 57.2 Å². The molecule has 6 nitrogen and oxygen atoms in total. The van der Waals surface area contributed by atoms with Gasteiger partial charge in [-0.15, -0.1) is 0 Å². The van der Waals surface area contributed by atoms with E-state index in [2.05, 4.69) is 55.2 Å². The molecule has 0 aliphatic carbocycles. The number of amides is 1. The molecule has 1 amide bonds. The van der Waals surface area contributed by atoms with Crippen molar-refractivity contribution >= 4 is 5.91 Å². The fraction of sp³-hybridized carbons (Fsp3) is 0.231. The highest BCUT2D eigenvalue weighted by Crippen LogP contribution is 2.45. The zero-order valence-corrected chi connectivity index (χ0v) is 18.3. The predicted octanol–water partition coefficient (Wildman–Crippen LogP) is 5.42. The number of phenolic OH excluding ortho intramolecular Hbond substituents is 1. The lowest BCUT2D eigenvalue weighted by molar-refractivity contribution is 0.0717. The first-order valence-electron chi connectivity index (χ1n) is 10.6. The number of aromatic hydroxyl groups is 1. The quantitative estimate of drug-likeness (QED) is 0.456. The van der Waals surface area contributed by atoms with Crippen LogP contribution in [0.5, 0.6) is 5.75 Å². The summed E-state index contributed by atoms with van der Waals surface area (Å²) in [4.78, 5) is 15.2. The Hall–Kier alpha value is -3.80. The minimum absolute atomic E-state index is 0.0275. The van der Waals surface area contributed by atoms with E-state index in [0.29, 0.717) is 29.3 Å². The van der Waals surface area contributed by atoms with E-state index < -0.39 is 0 Å². The highest BCUT2D eigenvalue weighted by molar-refractivity contribution is 6.00. The van der Waals surface area contributed by atoms with Crippen molar-refractivity contribution in [3.63, 3.8) is 0 Å². The first kappa shape index (κ1) is 20.1. The van der Waals surface area contributed by atoms with E-state index in [1.54, 1.807) is 23.3 Å². The largest absolute Gasteiger partial charge is 0.507 e. The van der Waals surface area contributed by atoms with Gasteiger partial charge in [0.2, 0.25) is 0 Å². The number of aromatic amines is 1. The first-order valence-corrected chi connectivity index (χ1v) is 10.6. The molecule has 3 heterocycles. The van der Waals surface area contributed by atoms with Crippen LogP contribution in [0.3, 0.4) is 0 Å². The van der Waals surface area contributed by atoms with Crippen LogP contribution in [-0.4, -0.2) is 26.1 Å². The van der Waals surface area contributed by atoms with Crippen LogP contribution >= 0.6 is 0 Å². The predicted molar refractivity (Wildman–Crippen MR) is 121 cm³/mol. The van der Waals surface area contributed by atoms with Gasteiger partial charge >= 0.3 is 0 Å². The smallest absolute Gasteiger partial charge is 0.273 e. The van der Waals surface area contributed by atoms with Crippen LogP contribution in [0.2, 0.25) is 0 Å². The molecule has 1 atom stereocenters. The van der Waals surface area contributed by atoms with E-state index in [-0.39, 0.29) is 23.1 Å². The number of phenols is 1. The van der Waals surface area contributed by atoms with Gasteiger partial charge < -0.3 is 14.4 Å².